The minimum absolute atomic E-state index is 0.205. The highest BCUT2D eigenvalue weighted by Gasteiger charge is 2.48. The number of hydrogen-bond acceptors (Lipinski definition) is 1. The second kappa shape index (κ2) is 3.54. The Kier molecular flexibility index (Phi) is 2.71. The van der Waals surface area contributed by atoms with Crippen molar-refractivity contribution in [2.75, 3.05) is 0 Å². The molecule has 1 aliphatic rings. The quantitative estimate of drug-likeness (QED) is 0.616. The molecular weight excluding hydrogens is 224 g/mol. The summed E-state index contributed by atoms with van der Waals surface area (Å²) in [6, 6.07) is 6.66. The molecule has 0 nitrogen and oxygen atoms in total. The molecule has 0 fully saturated rings. The third-order valence-corrected chi connectivity index (χ3v) is 5.26. The molecule has 0 saturated heterocycles. The lowest BCUT2D eigenvalue weighted by Gasteiger charge is -2.53. The largest absolute Gasteiger partial charge is 0.143 e. The van der Waals surface area contributed by atoms with Crippen molar-refractivity contribution < 1.29 is 0 Å². The van der Waals surface area contributed by atoms with E-state index in [1.54, 1.807) is 0 Å². The lowest BCUT2D eigenvalue weighted by Crippen LogP contribution is -2.47. The zero-order valence-electron chi connectivity index (χ0n) is 11.9. The second-order valence-electron chi connectivity index (χ2n) is 7.30. The van der Waals surface area contributed by atoms with Gasteiger partial charge in [0, 0.05) is 4.90 Å². The number of thiol groups is 1. The molecule has 0 aliphatic heterocycles. The molecule has 0 bridgehead atoms. The van der Waals surface area contributed by atoms with Crippen LogP contribution in [-0.2, 0) is 10.8 Å². The second-order valence-corrected chi connectivity index (χ2v) is 7.82. The Balaban J connectivity index is 2.74. The van der Waals surface area contributed by atoms with Gasteiger partial charge in [0.15, 0.2) is 0 Å². The fourth-order valence-electron chi connectivity index (χ4n) is 3.43. The van der Waals surface area contributed by atoms with Gasteiger partial charge < -0.3 is 0 Å². The van der Waals surface area contributed by atoms with Gasteiger partial charge in [-0.1, -0.05) is 47.6 Å². The van der Waals surface area contributed by atoms with E-state index in [0.29, 0.717) is 5.41 Å². The number of hydrogen-bond donors (Lipinski definition) is 1. The zero-order chi connectivity index (χ0) is 13.1. The van der Waals surface area contributed by atoms with Gasteiger partial charge in [-0.15, -0.1) is 12.6 Å². The Morgan fingerprint density at radius 3 is 2.12 bits per heavy atom. The summed E-state index contributed by atoms with van der Waals surface area (Å²) < 4.78 is 0. The van der Waals surface area contributed by atoms with Crippen LogP contribution in [0.3, 0.4) is 0 Å². The Morgan fingerprint density at radius 2 is 1.53 bits per heavy atom. The SMILES string of the molecule is CC1(C)CC(C)(C)C(C)(C)c2cc(S)ccc21. The van der Waals surface area contributed by atoms with E-state index < -0.39 is 0 Å². The van der Waals surface area contributed by atoms with Crippen LogP contribution in [0, 0.1) is 5.41 Å². The van der Waals surface area contributed by atoms with Crippen molar-refractivity contribution in [1.82, 2.24) is 0 Å². The number of rotatable bonds is 0. The van der Waals surface area contributed by atoms with Crippen LogP contribution in [-0.4, -0.2) is 0 Å². The molecule has 1 aromatic carbocycles. The molecule has 17 heavy (non-hydrogen) atoms. The molecule has 94 valence electrons. The Hall–Kier alpha value is -0.430. The molecule has 0 aromatic heterocycles. The summed E-state index contributed by atoms with van der Waals surface area (Å²) in [4.78, 5) is 1.07. The molecular formula is C16H24S. The molecule has 2 rings (SSSR count). The predicted molar refractivity (Wildman–Crippen MR) is 78.1 cm³/mol. The van der Waals surface area contributed by atoms with E-state index in [1.807, 2.05) is 0 Å². The van der Waals surface area contributed by atoms with Crippen molar-refractivity contribution in [1.29, 1.82) is 0 Å². The molecule has 0 amide bonds. The van der Waals surface area contributed by atoms with Crippen molar-refractivity contribution >= 4 is 12.6 Å². The first-order chi connectivity index (χ1) is 7.58. The molecule has 0 radical (unpaired) electrons. The molecule has 0 spiro atoms. The molecule has 1 aliphatic carbocycles. The molecule has 0 saturated carbocycles. The van der Waals surface area contributed by atoms with E-state index in [-0.39, 0.29) is 10.8 Å². The van der Waals surface area contributed by atoms with Gasteiger partial charge in [0.2, 0.25) is 0 Å². The van der Waals surface area contributed by atoms with Crippen LogP contribution in [0.2, 0.25) is 0 Å². The maximum Gasteiger partial charge on any atom is 0.00431 e. The summed E-state index contributed by atoms with van der Waals surface area (Å²) in [5, 5.41) is 0. The molecule has 0 unspecified atom stereocenters. The molecule has 1 heteroatoms. The first-order valence-electron chi connectivity index (χ1n) is 6.42. The van der Waals surface area contributed by atoms with Crippen molar-refractivity contribution in [2.24, 2.45) is 5.41 Å². The summed E-state index contributed by atoms with van der Waals surface area (Å²) in [6.07, 6.45) is 1.23. The number of fused-ring (bicyclic) bond motifs is 1. The van der Waals surface area contributed by atoms with Crippen LogP contribution in [0.5, 0.6) is 0 Å². The molecule has 0 N–H and O–H groups in total. The third-order valence-electron chi connectivity index (χ3n) is 4.98. The highest BCUT2D eigenvalue weighted by atomic mass is 32.1. The van der Waals surface area contributed by atoms with Gasteiger partial charge in [-0.25, -0.2) is 0 Å². The van der Waals surface area contributed by atoms with Crippen LogP contribution in [0.25, 0.3) is 0 Å². The monoisotopic (exact) mass is 248 g/mol. The Morgan fingerprint density at radius 1 is 0.941 bits per heavy atom. The van der Waals surface area contributed by atoms with Crippen molar-refractivity contribution in [3.05, 3.63) is 29.3 Å². The summed E-state index contributed by atoms with van der Waals surface area (Å²) in [5.74, 6) is 0. The predicted octanol–water partition coefficient (Wildman–Crippen LogP) is 4.96. The maximum absolute atomic E-state index is 4.51. The van der Waals surface area contributed by atoms with Crippen LogP contribution in [0.1, 0.15) is 59.1 Å². The van der Waals surface area contributed by atoms with E-state index in [4.69, 9.17) is 0 Å². The summed E-state index contributed by atoms with van der Waals surface area (Å²) in [6.45, 7) is 14.2. The van der Waals surface area contributed by atoms with Crippen LogP contribution >= 0.6 is 12.6 Å². The summed E-state index contributed by atoms with van der Waals surface area (Å²) >= 11 is 4.51. The highest BCUT2D eigenvalue weighted by Crippen LogP contribution is 2.55. The normalized spacial score (nSPS) is 24.2. The van der Waals surface area contributed by atoms with Gasteiger partial charge in [-0.3, -0.25) is 0 Å². The maximum atomic E-state index is 4.51. The van der Waals surface area contributed by atoms with E-state index in [9.17, 15) is 0 Å². The zero-order valence-corrected chi connectivity index (χ0v) is 12.8. The van der Waals surface area contributed by atoms with Gasteiger partial charge in [-0.2, -0.15) is 0 Å². The first-order valence-corrected chi connectivity index (χ1v) is 6.87. The van der Waals surface area contributed by atoms with E-state index in [1.165, 1.54) is 17.5 Å². The average Bonchev–Trinajstić information content (AvgIpc) is 2.13. The fraction of sp³-hybridized carbons (Fsp3) is 0.625. The van der Waals surface area contributed by atoms with Gasteiger partial charge in [0.05, 0.1) is 0 Å². The van der Waals surface area contributed by atoms with Crippen molar-refractivity contribution in [2.45, 2.75) is 63.7 Å². The Bertz CT molecular complexity index is 453. The smallest absolute Gasteiger partial charge is 0.00431 e. The van der Waals surface area contributed by atoms with Crippen molar-refractivity contribution in [3.63, 3.8) is 0 Å². The van der Waals surface area contributed by atoms with Gasteiger partial charge in [-0.05, 0) is 45.9 Å². The standard InChI is InChI=1S/C16H24S/c1-14(2)10-15(3,4)16(5,6)13-9-11(17)7-8-12(13)14/h7-9,17H,10H2,1-6H3. The van der Waals surface area contributed by atoms with E-state index >= 15 is 0 Å². The van der Waals surface area contributed by atoms with Gasteiger partial charge >= 0.3 is 0 Å². The third kappa shape index (κ3) is 1.83. The summed E-state index contributed by atoms with van der Waals surface area (Å²) in [7, 11) is 0. The Labute approximate surface area is 111 Å². The van der Waals surface area contributed by atoms with Gasteiger partial charge in [0.1, 0.15) is 0 Å². The van der Waals surface area contributed by atoms with Crippen LogP contribution in [0.4, 0.5) is 0 Å². The van der Waals surface area contributed by atoms with Crippen molar-refractivity contribution in [3.8, 4) is 0 Å². The first kappa shape index (κ1) is 13.0. The fourth-order valence-corrected chi connectivity index (χ4v) is 3.63. The highest BCUT2D eigenvalue weighted by molar-refractivity contribution is 7.80. The minimum Gasteiger partial charge on any atom is -0.143 e. The molecule has 1 aromatic rings. The van der Waals surface area contributed by atoms with Gasteiger partial charge in [0.25, 0.3) is 0 Å². The molecule has 0 atom stereocenters. The topological polar surface area (TPSA) is 0 Å². The summed E-state index contributed by atoms with van der Waals surface area (Å²) in [5.41, 5.74) is 3.75. The molecule has 0 heterocycles. The van der Waals surface area contributed by atoms with E-state index in [0.717, 1.165) is 4.90 Å². The van der Waals surface area contributed by atoms with Crippen LogP contribution < -0.4 is 0 Å². The number of benzene rings is 1. The lowest BCUT2D eigenvalue weighted by atomic mass is 9.51. The average molecular weight is 248 g/mol. The van der Waals surface area contributed by atoms with E-state index in [2.05, 4.69) is 72.4 Å². The minimum atomic E-state index is 0.205. The van der Waals surface area contributed by atoms with Crippen LogP contribution in [0.15, 0.2) is 23.1 Å². The lowest BCUT2D eigenvalue weighted by molar-refractivity contribution is 0.119.